The molecule has 2 aliphatic carbocycles. The first-order chi connectivity index (χ1) is 15.0. The summed E-state index contributed by atoms with van der Waals surface area (Å²) in [6, 6.07) is 11.2. The molecule has 2 saturated carbocycles. The monoisotopic (exact) mass is 442 g/mol. The Morgan fingerprint density at radius 3 is 2.32 bits per heavy atom. The molecule has 2 aliphatic rings. The minimum absolute atomic E-state index is 0.0657. The Bertz CT molecular complexity index is 865. The number of halogens is 1. The molecule has 0 radical (unpaired) electrons. The number of amides is 1. The van der Waals surface area contributed by atoms with Crippen molar-refractivity contribution in [1.29, 1.82) is 0 Å². The van der Waals surface area contributed by atoms with Gasteiger partial charge in [-0.05, 0) is 74.3 Å². The number of rotatable bonds is 8. The molecule has 1 aromatic carbocycles. The zero-order valence-corrected chi connectivity index (χ0v) is 18.4. The van der Waals surface area contributed by atoms with Crippen molar-refractivity contribution >= 4 is 23.2 Å². The molecule has 0 spiro atoms. The third-order valence-electron chi connectivity index (χ3n) is 6.94. The number of nitrogens with one attached hydrogen (secondary N) is 2. The van der Waals surface area contributed by atoms with Crippen LogP contribution >= 0.6 is 11.6 Å². The summed E-state index contributed by atoms with van der Waals surface area (Å²) in [5, 5.41) is 17.5. The van der Waals surface area contributed by atoms with Gasteiger partial charge in [0.2, 0.25) is 5.91 Å². The fourth-order valence-electron chi connectivity index (χ4n) is 4.71. The largest absolute Gasteiger partial charge is 0.374 e. The average molecular weight is 443 g/mol. The summed E-state index contributed by atoms with van der Waals surface area (Å²) in [6.45, 7) is 0.487. The maximum atomic E-state index is 12.9. The number of hydrogen-bond donors (Lipinski definition) is 4. The summed E-state index contributed by atoms with van der Waals surface area (Å²) in [4.78, 5) is 16.9. The normalized spacial score (nSPS) is 24.1. The maximum Gasteiger partial charge on any atom is 0.230 e. The molecule has 1 heterocycles. The van der Waals surface area contributed by atoms with Crippen molar-refractivity contribution in [2.45, 2.75) is 56.2 Å². The van der Waals surface area contributed by atoms with Crippen molar-refractivity contribution in [2.24, 2.45) is 17.6 Å². The van der Waals surface area contributed by atoms with Crippen LogP contribution in [-0.4, -0.2) is 34.8 Å². The van der Waals surface area contributed by atoms with Crippen molar-refractivity contribution in [1.82, 2.24) is 10.3 Å². The van der Waals surface area contributed by atoms with Gasteiger partial charge in [-0.1, -0.05) is 23.7 Å². The lowest BCUT2D eigenvalue weighted by atomic mass is 9.78. The summed E-state index contributed by atoms with van der Waals surface area (Å²) in [5.41, 5.74) is 7.94. The summed E-state index contributed by atoms with van der Waals surface area (Å²) in [6.07, 6.45) is 8.31. The molecule has 2 fully saturated rings. The molecule has 166 valence electrons. The van der Waals surface area contributed by atoms with E-state index in [9.17, 15) is 9.90 Å². The standard InChI is InChI=1S/C24H31ClN4O2/c25-19-7-5-18(6-8-19)24(11-12-24)23(31)28-15-21(26)16-1-3-17(4-2-16)22(30)29-20-9-13-27-14-10-20/h5-10,13-14,16-17,21-22,30H,1-4,11-12,15,26H2,(H,27,29)(H,28,31)/t16?,17?,21-,22?/m1/s1. The Labute approximate surface area is 188 Å². The molecular formula is C24H31ClN4O2. The van der Waals surface area contributed by atoms with E-state index in [1.807, 2.05) is 36.4 Å². The Morgan fingerprint density at radius 1 is 1.10 bits per heavy atom. The zero-order valence-electron chi connectivity index (χ0n) is 17.6. The molecule has 0 saturated heterocycles. The molecule has 6 nitrogen and oxygen atoms in total. The first-order valence-corrected chi connectivity index (χ1v) is 11.5. The minimum Gasteiger partial charge on any atom is -0.374 e. The fourth-order valence-corrected chi connectivity index (χ4v) is 4.84. The number of aliphatic hydroxyl groups excluding tert-OH is 1. The van der Waals surface area contributed by atoms with Gasteiger partial charge in [0, 0.05) is 41.6 Å². The number of carbonyl (C=O) groups excluding carboxylic acids is 1. The van der Waals surface area contributed by atoms with Gasteiger partial charge in [-0.3, -0.25) is 9.78 Å². The number of carbonyl (C=O) groups is 1. The second kappa shape index (κ2) is 9.55. The highest BCUT2D eigenvalue weighted by molar-refractivity contribution is 6.30. The molecule has 2 atom stereocenters. The van der Waals surface area contributed by atoms with E-state index in [4.69, 9.17) is 17.3 Å². The Balaban J connectivity index is 1.22. The lowest BCUT2D eigenvalue weighted by Gasteiger charge is -2.35. The number of aliphatic hydroxyl groups is 1. The maximum absolute atomic E-state index is 12.9. The van der Waals surface area contributed by atoms with Gasteiger partial charge in [-0.2, -0.15) is 0 Å². The van der Waals surface area contributed by atoms with Crippen LogP contribution in [0.1, 0.15) is 44.1 Å². The topological polar surface area (TPSA) is 100 Å². The first-order valence-electron chi connectivity index (χ1n) is 11.1. The summed E-state index contributed by atoms with van der Waals surface area (Å²) in [5.74, 6) is 0.622. The first kappa shape index (κ1) is 22.1. The van der Waals surface area contributed by atoms with E-state index in [-0.39, 0.29) is 17.9 Å². The molecule has 4 rings (SSSR count). The van der Waals surface area contributed by atoms with E-state index in [0.717, 1.165) is 49.8 Å². The number of aromatic nitrogens is 1. The van der Waals surface area contributed by atoms with Gasteiger partial charge >= 0.3 is 0 Å². The molecule has 0 bridgehead atoms. The Hall–Kier alpha value is -2.15. The number of nitrogens with zero attached hydrogens (tertiary/aromatic N) is 1. The van der Waals surface area contributed by atoms with Gasteiger partial charge in [-0.15, -0.1) is 0 Å². The van der Waals surface area contributed by atoms with Crippen LogP contribution in [0, 0.1) is 11.8 Å². The van der Waals surface area contributed by atoms with Crippen LogP contribution in [0.4, 0.5) is 5.69 Å². The van der Waals surface area contributed by atoms with Gasteiger partial charge in [0.15, 0.2) is 0 Å². The summed E-state index contributed by atoms with van der Waals surface area (Å²) >= 11 is 5.98. The van der Waals surface area contributed by atoms with Crippen LogP contribution in [0.5, 0.6) is 0 Å². The fraction of sp³-hybridized carbons (Fsp3) is 0.500. The molecule has 31 heavy (non-hydrogen) atoms. The van der Waals surface area contributed by atoms with Crippen LogP contribution in [0.15, 0.2) is 48.8 Å². The number of anilines is 1. The molecule has 7 heteroatoms. The third-order valence-corrected chi connectivity index (χ3v) is 7.20. The van der Waals surface area contributed by atoms with Gasteiger partial charge in [0.1, 0.15) is 6.23 Å². The third kappa shape index (κ3) is 5.20. The SMILES string of the molecule is N[C@H](CNC(=O)C1(c2ccc(Cl)cc2)CC1)C1CCC(C(O)Nc2ccncc2)CC1. The minimum atomic E-state index is -0.576. The van der Waals surface area contributed by atoms with Crippen molar-refractivity contribution in [2.75, 3.05) is 11.9 Å². The van der Waals surface area contributed by atoms with Gasteiger partial charge in [-0.25, -0.2) is 0 Å². The van der Waals surface area contributed by atoms with Gasteiger partial charge < -0.3 is 21.5 Å². The number of hydrogen-bond acceptors (Lipinski definition) is 5. The zero-order chi connectivity index (χ0) is 21.8. The molecule has 1 amide bonds. The van der Waals surface area contributed by atoms with Crippen molar-refractivity contribution in [3.63, 3.8) is 0 Å². The second-order valence-electron chi connectivity index (χ2n) is 8.96. The van der Waals surface area contributed by atoms with E-state index in [1.165, 1.54) is 0 Å². The second-order valence-corrected chi connectivity index (χ2v) is 9.40. The van der Waals surface area contributed by atoms with Crippen molar-refractivity contribution in [3.05, 3.63) is 59.4 Å². The van der Waals surface area contributed by atoms with Crippen molar-refractivity contribution in [3.8, 4) is 0 Å². The molecule has 1 aromatic heterocycles. The van der Waals surface area contributed by atoms with Crippen molar-refractivity contribution < 1.29 is 9.90 Å². The quantitative estimate of drug-likeness (QED) is 0.469. The van der Waals surface area contributed by atoms with Crippen LogP contribution < -0.4 is 16.4 Å². The van der Waals surface area contributed by atoms with E-state index in [0.29, 0.717) is 17.5 Å². The highest BCUT2D eigenvalue weighted by atomic mass is 35.5. The lowest BCUT2D eigenvalue weighted by Crippen LogP contribution is -2.46. The average Bonchev–Trinajstić information content (AvgIpc) is 3.60. The van der Waals surface area contributed by atoms with Crippen LogP contribution in [0.3, 0.4) is 0 Å². The van der Waals surface area contributed by atoms with Gasteiger partial charge in [0.25, 0.3) is 0 Å². The summed E-state index contributed by atoms with van der Waals surface area (Å²) in [7, 11) is 0. The molecule has 0 aliphatic heterocycles. The summed E-state index contributed by atoms with van der Waals surface area (Å²) < 4.78 is 0. The van der Waals surface area contributed by atoms with E-state index in [1.54, 1.807) is 12.4 Å². The van der Waals surface area contributed by atoms with E-state index in [2.05, 4.69) is 15.6 Å². The van der Waals surface area contributed by atoms with Crippen LogP contribution in [-0.2, 0) is 10.2 Å². The number of pyridine rings is 1. The predicted molar refractivity (Wildman–Crippen MR) is 123 cm³/mol. The smallest absolute Gasteiger partial charge is 0.230 e. The van der Waals surface area contributed by atoms with E-state index < -0.39 is 11.6 Å². The molecule has 2 aromatic rings. The highest BCUT2D eigenvalue weighted by Crippen LogP contribution is 2.48. The number of benzene rings is 1. The molecule has 5 N–H and O–H groups in total. The van der Waals surface area contributed by atoms with Gasteiger partial charge in [0.05, 0.1) is 5.41 Å². The van der Waals surface area contributed by atoms with Crippen LogP contribution in [0.25, 0.3) is 0 Å². The van der Waals surface area contributed by atoms with E-state index >= 15 is 0 Å². The Morgan fingerprint density at radius 2 is 1.71 bits per heavy atom. The lowest BCUT2D eigenvalue weighted by molar-refractivity contribution is -0.123. The highest BCUT2D eigenvalue weighted by Gasteiger charge is 2.51. The molecule has 1 unspecified atom stereocenters. The predicted octanol–water partition coefficient (Wildman–Crippen LogP) is 3.45. The molecular weight excluding hydrogens is 412 g/mol. The Kier molecular flexibility index (Phi) is 6.80. The number of nitrogens with two attached hydrogens (primary N) is 1. The van der Waals surface area contributed by atoms with Crippen LogP contribution in [0.2, 0.25) is 5.02 Å².